The van der Waals surface area contributed by atoms with Crippen molar-refractivity contribution in [2.75, 3.05) is 13.2 Å². The van der Waals surface area contributed by atoms with Crippen LogP contribution in [0.25, 0.3) is 0 Å². The average molecular weight is 352 g/mol. The molecule has 1 aromatic carbocycles. The van der Waals surface area contributed by atoms with Crippen LogP contribution in [0.2, 0.25) is 0 Å². The summed E-state index contributed by atoms with van der Waals surface area (Å²) in [6, 6.07) is 9.54. The number of aliphatic hydroxyl groups is 2. The van der Waals surface area contributed by atoms with Crippen molar-refractivity contribution in [3.8, 4) is 0 Å². The molecule has 1 aromatic rings. The Morgan fingerprint density at radius 2 is 2.00 bits per heavy atom. The van der Waals surface area contributed by atoms with Gasteiger partial charge in [0.05, 0.1) is 19.8 Å². The third kappa shape index (κ3) is 5.62. The number of aliphatic hydroxyl groups excluding tert-OH is 2. The lowest BCUT2D eigenvalue weighted by molar-refractivity contribution is -0.298. The molecule has 1 fully saturated rings. The van der Waals surface area contributed by atoms with E-state index in [2.05, 4.69) is 6.58 Å². The van der Waals surface area contributed by atoms with E-state index in [0.29, 0.717) is 6.61 Å². The van der Waals surface area contributed by atoms with Crippen molar-refractivity contribution >= 4 is 5.97 Å². The standard InChI is InChI=1S/C18H24O7/c1-3-9-23-16-15(20)14(25-18(21)17(16)24-12(2)19)11-22-10-13-7-5-4-6-8-13/h3-8,14-18,20-21H,1,9-11H2,2H3. The largest absolute Gasteiger partial charge is 0.454 e. The monoisotopic (exact) mass is 352 g/mol. The lowest BCUT2D eigenvalue weighted by Crippen LogP contribution is -2.60. The first-order valence-electron chi connectivity index (χ1n) is 8.06. The van der Waals surface area contributed by atoms with Gasteiger partial charge in [-0.15, -0.1) is 6.58 Å². The summed E-state index contributed by atoms with van der Waals surface area (Å²) >= 11 is 0. The van der Waals surface area contributed by atoms with Gasteiger partial charge in [0.25, 0.3) is 0 Å². The summed E-state index contributed by atoms with van der Waals surface area (Å²) in [4.78, 5) is 11.2. The Bertz CT molecular complexity index is 548. The molecular weight excluding hydrogens is 328 g/mol. The van der Waals surface area contributed by atoms with Crippen molar-refractivity contribution in [2.24, 2.45) is 0 Å². The highest BCUT2D eigenvalue weighted by molar-refractivity contribution is 5.66. The molecule has 1 aliphatic heterocycles. The first kappa shape index (κ1) is 19.6. The Morgan fingerprint density at radius 1 is 1.28 bits per heavy atom. The molecule has 138 valence electrons. The van der Waals surface area contributed by atoms with Gasteiger partial charge in [0, 0.05) is 6.92 Å². The average Bonchev–Trinajstić information content (AvgIpc) is 2.59. The quantitative estimate of drug-likeness (QED) is 0.527. The van der Waals surface area contributed by atoms with E-state index < -0.39 is 36.7 Å². The summed E-state index contributed by atoms with van der Waals surface area (Å²) in [5, 5.41) is 20.6. The van der Waals surface area contributed by atoms with Gasteiger partial charge in [0.15, 0.2) is 12.4 Å². The summed E-state index contributed by atoms with van der Waals surface area (Å²) in [5.74, 6) is -0.606. The van der Waals surface area contributed by atoms with Crippen molar-refractivity contribution in [1.29, 1.82) is 0 Å². The zero-order chi connectivity index (χ0) is 18.2. The lowest BCUT2D eigenvalue weighted by Gasteiger charge is -2.41. The van der Waals surface area contributed by atoms with E-state index in [0.717, 1.165) is 5.56 Å². The summed E-state index contributed by atoms with van der Waals surface area (Å²) in [5.41, 5.74) is 0.977. The first-order chi connectivity index (χ1) is 12.0. The molecule has 0 saturated carbocycles. The highest BCUT2D eigenvalue weighted by atomic mass is 16.7. The zero-order valence-electron chi connectivity index (χ0n) is 14.1. The zero-order valence-corrected chi connectivity index (χ0v) is 14.1. The van der Waals surface area contributed by atoms with E-state index in [-0.39, 0.29) is 13.2 Å². The maximum absolute atomic E-state index is 11.2. The van der Waals surface area contributed by atoms with Crippen LogP contribution in [0, 0.1) is 0 Å². The van der Waals surface area contributed by atoms with Crippen LogP contribution in [0.4, 0.5) is 0 Å². The normalized spacial score (nSPS) is 29.2. The Labute approximate surface area is 146 Å². The smallest absolute Gasteiger partial charge is 0.303 e. The molecule has 2 N–H and O–H groups in total. The summed E-state index contributed by atoms with van der Waals surface area (Å²) in [6.45, 7) is 5.27. The number of hydrogen-bond donors (Lipinski definition) is 2. The molecule has 7 nitrogen and oxygen atoms in total. The van der Waals surface area contributed by atoms with Gasteiger partial charge in [-0.3, -0.25) is 4.79 Å². The Kier molecular flexibility index (Phi) is 7.54. The highest BCUT2D eigenvalue weighted by Crippen LogP contribution is 2.25. The summed E-state index contributed by atoms with van der Waals surface area (Å²) in [6.07, 6.45) is -3.95. The van der Waals surface area contributed by atoms with Crippen molar-refractivity contribution in [3.05, 3.63) is 48.6 Å². The molecule has 5 unspecified atom stereocenters. The molecule has 5 atom stereocenters. The Morgan fingerprint density at radius 3 is 2.64 bits per heavy atom. The number of carbonyl (C=O) groups is 1. The Balaban J connectivity index is 1.97. The van der Waals surface area contributed by atoms with Crippen molar-refractivity contribution in [3.63, 3.8) is 0 Å². The topological polar surface area (TPSA) is 94.5 Å². The number of rotatable bonds is 8. The van der Waals surface area contributed by atoms with Crippen LogP contribution in [0.5, 0.6) is 0 Å². The summed E-state index contributed by atoms with van der Waals surface area (Å²) in [7, 11) is 0. The first-order valence-corrected chi connectivity index (χ1v) is 8.06. The van der Waals surface area contributed by atoms with Gasteiger partial charge >= 0.3 is 5.97 Å². The molecule has 7 heteroatoms. The van der Waals surface area contributed by atoms with Crippen molar-refractivity contribution in [1.82, 2.24) is 0 Å². The van der Waals surface area contributed by atoms with Crippen LogP contribution >= 0.6 is 0 Å². The number of ether oxygens (including phenoxy) is 4. The van der Waals surface area contributed by atoms with E-state index >= 15 is 0 Å². The fourth-order valence-corrected chi connectivity index (χ4v) is 2.60. The van der Waals surface area contributed by atoms with E-state index in [4.69, 9.17) is 18.9 Å². The van der Waals surface area contributed by atoms with Gasteiger partial charge in [0.1, 0.15) is 18.3 Å². The SMILES string of the molecule is C=CCOC1C(O)C(COCc2ccccc2)OC(O)C1OC(C)=O. The molecule has 0 aliphatic carbocycles. The van der Waals surface area contributed by atoms with Gasteiger partial charge in [-0.25, -0.2) is 0 Å². The minimum Gasteiger partial charge on any atom is -0.454 e. The van der Waals surface area contributed by atoms with Crippen LogP contribution in [-0.2, 0) is 30.3 Å². The van der Waals surface area contributed by atoms with Gasteiger partial charge in [-0.2, -0.15) is 0 Å². The van der Waals surface area contributed by atoms with Crippen LogP contribution in [-0.4, -0.2) is 60.1 Å². The molecule has 0 bridgehead atoms. The number of hydrogen-bond acceptors (Lipinski definition) is 7. The van der Waals surface area contributed by atoms with Crippen LogP contribution in [0.1, 0.15) is 12.5 Å². The maximum atomic E-state index is 11.2. The van der Waals surface area contributed by atoms with E-state index in [1.807, 2.05) is 30.3 Å². The minimum atomic E-state index is -1.42. The predicted molar refractivity (Wildman–Crippen MR) is 88.5 cm³/mol. The fraction of sp³-hybridized carbons (Fsp3) is 0.500. The van der Waals surface area contributed by atoms with Crippen LogP contribution < -0.4 is 0 Å². The van der Waals surface area contributed by atoms with Gasteiger partial charge in [-0.1, -0.05) is 36.4 Å². The molecule has 25 heavy (non-hydrogen) atoms. The molecule has 0 aromatic heterocycles. The van der Waals surface area contributed by atoms with Crippen LogP contribution in [0.15, 0.2) is 43.0 Å². The molecule has 1 heterocycles. The van der Waals surface area contributed by atoms with Crippen molar-refractivity contribution in [2.45, 2.75) is 44.2 Å². The van der Waals surface area contributed by atoms with Crippen LogP contribution in [0.3, 0.4) is 0 Å². The Hall–Kier alpha value is -1.77. The van der Waals surface area contributed by atoms with Gasteiger partial charge in [0.2, 0.25) is 0 Å². The second kappa shape index (κ2) is 9.65. The highest BCUT2D eigenvalue weighted by Gasteiger charge is 2.47. The molecule has 0 radical (unpaired) electrons. The minimum absolute atomic E-state index is 0.0495. The second-order valence-corrected chi connectivity index (χ2v) is 5.72. The van der Waals surface area contributed by atoms with Gasteiger partial charge < -0.3 is 29.2 Å². The van der Waals surface area contributed by atoms with E-state index in [1.54, 1.807) is 0 Å². The van der Waals surface area contributed by atoms with E-state index in [1.165, 1.54) is 13.0 Å². The molecular formula is C18H24O7. The number of carbonyl (C=O) groups excluding carboxylic acids is 1. The number of esters is 1. The van der Waals surface area contributed by atoms with E-state index in [9.17, 15) is 15.0 Å². The molecule has 1 saturated heterocycles. The summed E-state index contributed by atoms with van der Waals surface area (Å²) < 4.78 is 21.4. The molecule has 1 aliphatic rings. The predicted octanol–water partition coefficient (Wildman–Crippen LogP) is 0.784. The van der Waals surface area contributed by atoms with Gasteiger partial charge in [-0.05, 0) is 5.56 Å². The lowest BCUT2D eigenvalue weighted by atomic mass is 9.98. The number of benzene rings is 1. The maximum Gasteiger partial charge on any atom is 0.303 e. The molecule has 0 amide bonds. The third-order valence-electron chi connectivity index (χ3n) is 3.74. The third-order valence-corrected chi connectivity index (χ3v) is 3.74. The second-order valence-electron chi connectivity index (χ2n) is 5.72. The molecule has 2 rings (SSSR count). The molecule has 0 spiro atoms. The fourth-order valence-electron chi connectivity index (χ4n) is 2.60. The van der Waals surface area contributed by atoms with Crippen molar-refractivity contribution < 1.29 is 34.0 Å².